The molecule has 0 unspecified atom stereocenters. The van der Waals surface area contributed by atoms with Gasteiger partial charge in [0.05, 0.1) is 22.7 Å². The Morgan fingerprint density at radius 3 is 1.52 bits per heavy atom. The fourth-order valence-electron chi connectivity index (χ4n) is 1.41. The first-order valence-electron chi connectivity index (χ1n) is 4.62. The van der Waals surface area contributed by atoms with E-state index in [-0.39, 0.29) is 35.6 Å². The van der Waals surface area contributed by atoms with E-state index in [0.29, 0.717) is 0 Å². The quantitative estimate of drug-likeness (QED) is 0.547. The van der Waals surface area contributed by atoms with Crippen LogP contribution in [0.4, 0.5) is 26.3 Å². The third-order valence-corrected chi connectivity index (χ3v) is 2.22. The number of rotatable bonds is 2. The molecule has 1 aromatic rings. The molecule has 1 N–H and O–H groups in total. The first kappa shape index (κ1) is 19.7. The summed E-state index contributed by atoms with van der Waals surface area (Å²) in [6, 6.07) is -0.780. The number of aromatic carboxylic acids is 2. The molecule has 0 radical (unpaired) electrons. The third-order valence-electron chi connectivity index (χ3n) is 2.22. The minimum atomic E-state index is -5.34. The first-order valence-corrected chi connectivity index (χ1v) is 4.62. The minimum Gasteiger partial charge on any atom is -0.545 e. The summed E-state index contributed by atoms with van der Waals surface area (Å²) in [6.45, 7) is 0. The second-order valence-corrected chi connectivity index (χ2v) is 3.53. The van der Waals surface area contributed by atoms with Gasteiger partial charge in [-0.15, -0.1) is 0 Å². The monoisotopic (exact) mass is 324 g/mol. The summed E-state index contributed by atoms with van der Waals surface area (Å²) >= 11 is 0. The summed E-state index contributed by atoms with van der Waals surface area (Å²) in [4.78, 5) is 21.1. The molecule has 11 heteroatoms. The molecule has 0 aromatic heterocycles. The molecule has 21 heavy (non-hydrogen) atoms. The summed E-state index contributed by atoms with van der Waals surface area (Å²) in [7, 11) is 0. The van der Waals surface area contributed by atoms with Gasteiger partial charge in [0.15, 0.2) is 0 Å². The van der Waals surface area contributed by atoms with Crippen molar-refractivity contribution in [3.63, 3.8) is 0 Å². The summed E-state index contributed by atoms with van der Waals surface area (Å²) < 4.78 is 75.1. The maximum Gasteiger partial charge on any atom is 1.00 e. The van der Waals surface area contributed by atoms with E-state index in [1.165, 1.54) is 0 Å². The number of carboxylic acid groups (broad SMARTS) is 2. The largest absolute Gasteiger partial charge is 1.00 e. The molecule has 0 aliphatic carbocycles. The molecule has 4 nitrogen and oxygen atoms in total. The van der Waals surface area contributed by atoms with Crippen LogP contribution in [0.15, 0.2) is 12.1 Å². The van der Waals surface area contributed by atoms with Crippen LogP contribution in [0.2, 0.25) is 0 Å². The SMILES string of the molecule is O=C([O-])c1cc(C(F)(F)F)c(C(=O)O)cc1C(F)(F)F.[Na+]. The van der Waals surface area contributed by atoms with Gasteiger partial charge in [-0.3, -0.25) is 0 Å². The van der Waals surface area contributed by atoms with E-state index < -0.39 is 52.6 Å². The summed E-state index contributed by atoms with van der Waals surface area (Å²) in [5.41, 5.74) is -7.51. The van der Waals surface area contributed by atoms with Crippen LogP contribution >= 0.6 is 0 Å². The van der Waals surface area contributed by atoms with E-state index in [0.717, 1.165) is 0 Å². The molecule has 0 aliphatic rings. The zero-order valence-electron chi connectivity index (χ0n) is 10.1. The molecular formula is C10H3F6NaO4. The second kappa shape index (κ2) is 6.24. The van der Waals surface area contributed by atoms with E-state index in [2.05, 4.69) is 0 Å². The Labute approximate surface area is 134 Å². The molecule has 1 rings (SSSR count). The van der Waals surface area contributed by atoms with Crippen molar-refractivity contribution in [2.75, 3.05) is 0 Å². The van der Waals surface area contributed by atoms with Crippen molar-refractivity contribution < 1.29 is 75.7 Å². The molecule has 0 fully saturated rings. The van der Waals surface area contributed by atoms with E-state index in [4.69, 9.17) is 5.11 Å². The van der Waals surface area contributed by atoms with Gasteiger partial charge in [-0.25, -0.2) is 4.79 Å². The van der Waals surface area contributed by atoms with Gasteiger partial charge in [0, 0.05) is 5.56 Å². The molecule has 0 spiro atoms. The van der Waals surface area contributed by atoms with Crippen molar-refractivity contribution in [2.45, 2.75) is 12.4 Å². The molecular weight excluding hydrogens is 321 g/mol. The van der Waals surface area contributed by atoms with Gasteiger partial charge in [0.25, 0.3) is 0 Å². The van der Waals surface area contributed by atoms with Crippen LogP contribution in [0.25, 0.3) is 0 Å². The third kappa shape index (κ3) is 4.35. The Hall–Kier alpha value is -1.26. The Balaban J connectivity index is 0.00000400. The van der Waals surface area contributed by atoms with Crippen LogP contribution in [0.1, 0.15) is 31.8 Å². The predicted molar refractivity (Wildman–Crippen MR) is 47.7 cm³/mol. The molecule has 110 valence electrons. The molecule has 0 amide bonds. The van der Waals surface area contributed by atoms with Crippen LogP contribution < -0.4 is 34.7 Å². The topological polar surface area (TPSA) is 77.4 Å². The maximum absolute atomic E-state index is 12.5. The minimum absolute atomic E-state index is 0. The summed E-state index contributed by atoms with van der Waals surface area (Å²) in [5, 5.41) is 19.0. The van der Waals surface area contributed by atoms with E-state index >= 15 is 0 Å². The van der Waals surface area contributed by atoms with Crippen LogP contribution in [0.5, 0.6) is 0 Å². The van der Waals surface area contributed by atoms with Crippen molar-refractivity contribution in [3.05, 3.63) is 34.4 Å². The number of carbonyl (C=O) groups is 2. The van der Waals surface area contributed by atoms with Gasteiger partial charge in [-0.1, -0.05) is 0 Å². The van der Waals surface area contributed by atoms with Gasteiger partial charge >= 0.3 is 47.9 Å². The summed E-state index contributed by atoms with van der Waals surface area (Å²) in [5.74, 6) is -4.77. The molecule has 0 saturated carbocycles. The zero-order chi connectivity index (χ0) is 15.9. The fourth-order valence-corrected chi connectivity index (χ4v) is 1.41. The number of alkyl halides is 6. The number of carbonyl (C=O) groups excluding carboxylic acids is 1. The van der Waals surface area contributed by atoms with Crippen LogP contribution in [0.3, 0.4) is 0 Å². The maximum atomic E-state index is 12.5. The van der Waals surface area contributed by atoms with Gasteiger partial charge in [0.1, 0.15) is 0 Å². The fraction of sp³-hybridized carbons (Fsp3) is 0.200. The standard InChI is InChI=1S/C10H4F6O4.Na/c11-9(12,13)5-1-3(7(17)18)6(10(14,15)16)2-4(5)8(19)20;/h1-2H,(H,17,18)(H,19,20);/q;+1/p-1. The van der Waals surface area contributed by atoms with Crippen molar-refractivity contribution >= 4 is 11.9 Å². The zero-order valence-corrected chi connectivity index (χ0v) is 12.1. The average Bonchev–Trinajstić information content (AvgIpc) is 2.24. The Morgan fingerprint density at radius 1 is 0.905 bits per heavy atom. The Kier molecular flexibility index (Phi) is 5.87. The molecule has 0 heterocycles. The molecule has 0 aliphatic heterocycles. The predicted octanol–water partition coefficient (Wildman–Crippen LogP) is -1.21. The number of carboxylic acids is 2. The number of hydrogen-bond donors (Lipinski definition) is 1. The van der Waals surface area contributed by atoms with E-state index in [1.54, 1.807) is 0 Å². The molecule has 0 saturated heterocycles. The second-order valence-electron chi connectivity index (χ2n) is 3.53. The average molecular weight is 324 g/mol. The normalized spacial score (nSPS) is 11.7. The van der Waals surface area contributed by atoms with E-state index in [9.17, 15) is 41.0 Å². The smallest absolute Gasteiger partial charge is 0.545 e. The number of hydrogen-bond acceptors (Lipinski definition) is 3. The van der Waals surface area contributed by atoms with Crippen molar-refractivity contribution in [3.8, 4) is 0 Å². The van der Waals surface area contributed by atoms with Gasteiger partial charge in [-0.05, 0) is 12.1 Å². The molecule has 1 aromatic carbocycles. The van der Waals surface area contributed by atoms with Crippen LogP contribution in [-0.2, 0) is 12.4 Å². The van der Waals surface area contributed by atoms with Crippen LogP contribution in [0, 0.1) is 0 Å². The Morgan fingerprint density at radius 2 is 1.24 bits per heavy atom. The molecule has 0 bridgehead atoms. The number of benzene rings is 1. The van der Waals surface area contributed by atoms with Gasteiger partial charge in [-0.2, -0.15) is 26.3 Å². The van der Waals surface area contributed by atoms with Crippen molar-refractivity contribution in [1.29, 1.82) is 0 Å². The van der Waals surface area contributed by atoms with Crippen molar-refractivity contribution in [1.82, 2.24) is 0 Å². The van der Waals surface area contributed by atoms with Gasteiger partial charge < -0.3 is 15.0 Å². The van der Waals surface area contributed by atoms with E-state index in [1.807, 2.05) is 0 Å². The van der Waals surface area contributed by atoms with Crippen LogP contribution in [-0.4, -0.2) is 17.0 Å². The first-order chi connectivity index (χ1) is 8.85. The summed E-state index contributed by atoms with van der Waals surface area (Å²) in [6.07, 6.45) is -10.7. The number of halogens is 6. The van der Waals surface area contributed by atoms with Crippen molar-refractivity contribution in [2.24, 2.45) is 0 Å². The Bertz CT molecular complexity index is 526. The molecule has 0 atom stereocenters. The van der Waals surface area contributed by atoms with Gasteiger partial charge in [0.2, 0.25) is 0 Å².